The Labute approximate surface area is 123 Å². The average Bonchev–Trinajstić information content (AvgIpc) is 2.54. The second-order valence-corrected chi connectivity index (χ2v) is 4.65. The molecule has 0 aliphatic carbocycles. The highest BCUT2D eigenvalue weighted by Crippen LogP contribution is 2.15. The fraction of sp³-hybridized carbons (Fsp3) is 0.188. The van der Waals surface area contributed by atoms with E-state index in [1.807, 2.05) is 43.3 Å². The lowest BCUT2D eigenvalue weighted by molar-refractivity contribution is 0.0939. The van der Waals surface area contributed by atoms with Crippen LogP contribution in [0.15, 0.2) is 59.7 Å². The van der Waals surface area contributed by atoms with E-state index in [2.05, 4.69) is 15.3 Å². The minimum Gasteiger partial charge on any atom is -0.346 e. The van der Waals surface area contributed by atoms with Gasteiger partial charge >= 0.3 is 0 Å². The first-order valence-corrected chi connectivity index (χ1v) is 6.67. The zero-order valence-electron chi connectivity index (χ0n) is 11.7. The van der Waals surface area contributed by atoms with Crippen LogP contribution in [0.1, 0.15) is 34.5 Å². The Balaban J connectivity index is 2.15. The molecule has 2 aromatic carbocycles. The van der Waals surface area contributed by atoms with Crippen molar-refractivity contribution in [2.24, 2.45) is 5.11 Å². The summed E-state index contributed by atoms with van der Waals surface area (Å²) in [7, 11) is 0. The van der Waals surface area contributed by atoms with Gasteiger partial charge in [-0.1, -0.05) is 53.6 Å². The van der Waals surface area contributed by atoms with E-state index in [0.29, 0.717) is 11.1 Å². The fourth-order valence-corrected chi connectivity index (χ4v) is 2.09. The van der Waals surface area contributed by atoms with Crippen molar-refractivity contribution in [1.82, 2.24) is 5.32 Å². The highest BCUT2D eigenvalue weighted by atomic mass is 16.1. The van der Waals surface area contributed by atoms with Crippen LogP contribution in [0.5, 0.6) is 0 Å². The van der Waals surface area contributed by atoms with Gasteiger partial charge in [0.2, 0.25) is 0 Å². The molecular formula is C16H16N4O. The Morgan fingerprint density at radius 3 is 2.57 bits per heavy atom. The van der Waals surface area contributed by atoms with Crippen LogP contribution >= 0.6 is 0 Å². The van der Waals surface area contributed by atoms with E-state index in [1.54, 1.807) is 18.2 Å². The van der Waals surface area contributed by atoms with Crippen molar-refractivity contribution in [3.05, 3.63) is 81.7 Å². The molecule has 0 saturated heterocycles. The van der Waals surface area contributed by atoms with E-state index in [4.69, 9.17) is 5.53 Å². The fourth-order valence-electron chi connectivity index (χ4n) is 2.09. The van der Waals surface area contributed by atoms with E-state index < -0.39 is 0 Å². The summed E-state index contributed by atoms with van der Waals surface area (Å²) in [6.45, 7) is 2.10. The SMILES string of the molecule is C[C@@H](NC(=O)c1ccccc1CN=[N+]=[N-])c1ccccc1. The first-order chi connectivity index (χ1) is 10.2. The van der Waals surface area contributed by atoms with Gasteiger partial charge < -0.3 is 5.32 Å². The quantitative estimate of drug-likeness (QED) is 0.501. The molecule has 0 aliphatic rings. The Bertz CT molecular complexity index is 663. The van der Waals surface area contributed by atoms with Gasteiger partial charge in [0.1, 0.15) is 0 Å². The van der Waals surface area contributed by atoms with Gasteiger partial charge in [-0.15, -0.1) is 0 Å². The van der Waals surface area contributed by atoms with Gasteiger partial charge in [-0.25, -0.2) is 0 Å². The monoisotopic (exact) mass is 280 g/mol. The molecule has 0 bridgehead atoms. The van der Waals surface area contributed by atoms with Gasteiger partial charge in [0.05, 0.1) is 12.6 Å². The topological polar surface area (TPSA) is 77.9 Å². The first-order valence-electron chi connectivity index (χ1n) is 6.67. The van der Waals surface area contributed by atoms with Crippen molar-refractivity contribution in [1.29, 1.82) is 0 Å². The van der Waals surface area contributed by atoms with Gasteiger partial charge in [0, 0.05) is 10.5 Å². The number of nitrogens with zero attached hydrogens (tertiary/aromatic N) is 3. The number of azide groups is 1. The maximum atomic E-state index is 12.4. The third-order valence-corrected chi connectivity index (χ3v) is 3.21. The van der Waals surface area contributed by atoms with E-state index in [0.717, 1.165) is 5.56 Å². The molecular weight excluding hydrogens is 264 g/mol. The number of carbonyl (C=O) groups excluding carboxylic acids is 1. The van der Waals surface area contributed by atoms with E-state index in [9.17, 15) is 4.79 Å². The predicted molar refractivity (Wildman–Crippen MR) is 81.6 cm³/mol. The maximum absolute atomic E-state index is 12.4. The molecule has 1 amide bonds. The summed E-state index contributed by atoms with van der Waals surface area (Å²) in [6.07, 6.45) is 0. The molecule has 1 atom stereocenters. The number of hydrogen-bond acceptors (Lipinski definition) is 2. The number of rotatable bonds is 5. The number of carbonyl (C=O) groups is 1. The third kappa shape index (κ3) is 3.84. The summed E-state index contributed by atoms with van der Waals surface area (Å²) in [5.41, 5.74) is 10.7. The van der Waals surface area contributed by atoms with Crippen LogP contribution in [0.3, 0.4) is 0 Å². The number of benzene rings is 2. The molecule has 0 heterocycles. The summed E-state index contributed by atoms with van der Waals surface area (Å²) >= 11 is 0. The van der Waals surface area contributed by atoms with Gasteiger partial charge in [-0.05, 0) is 29.6 Å². The molecule has 0 aromatic heterocycles. The van der Waals surface area contributed by atoms with Crippen LogP contribution in [0.4, 0.5) is 0 Å². The van der Waals surface area contributed by atoms with Crippen LogP contribution in [-0.4, -0.2) is 5.91 Å². The minimum absolute atomic E-state index is 0.0915. The van der Waals surface area contributed by atoms with Crippen molar-refractivity contribution in [3.63, 3.8) is 0 Å². The average molecular weight is 280 g/mol. The number of hydrogen-bond donors (Lipinski definition) is 1. The second-order valence-electron chi connectivity index (χ2n) is 4.65. The van der Waals surface area contributed by atoms with Crippen molar-refractivity contribution in [2.45, 2.75) is 19.5 Å². The van der Waals surface area contributed by atoms with Crippen molar-refractivity contribution < 1.29 is 4.79 Å². The molecule has 0 aliphatic heterocycles. The van der Waals surface area contributed by atoms with E-state index in [-0.39, 0.29) is 18.5 Å². The van der Waals surface area contributed by atoms with Crippen molar-refractivity contribution in [3.8, 4) is 0 Å². The molecule has 5 heteroatoms. The van der Waals surface area contributed by atoms with Gasteiger partial charge in [-0.2, -0.15) is 0 Å². The zero-order valence-corrected chi connectivity index (χ0v) is 11.7. The van der Waals surface area contributed by atoms with Crippen LogP contribution in [0, 0.1) is 0 Å². The van der Waals surface area contributed by atoms with Crippen LogP contribution in [0.2, 0.25) is 0 Å². The summed E-state index contributed by atoms with van der Waals surface area (Å²) in [5, 5.41) is 6.48. The molecule has 0 unspecified atom stereocenters. The highest BCUT2D eigenvalue weighted by molar-refractivity contribution is 5.95. The second kappa shape index (κ2) is 7.12. The molecule has 106 valence electrons. The molecule has 2 aromatic rings. The molecule has 0 saturated carbocycles. The third-order valence-electron chi connectivity index (χ3n) is 3.21. The highest BCUT2D eigenvalue weighted by Gasteiger charge is 2.13. The minimum atomic E-state index is -0.171. The van der Waals surface area contributed by atoms with Gasteiger partial charge in [0.25, 0.3) is 5.91 Å². The standard InChI is InChI=1S/C16H16N4O/c1-12(13-7-3-2-4-8-13)19-16(21)15-10-6-5-9-14(15)11-18-20-17/h2-10,12H,11H2,1H3,(H,19,21)/t12-/m1/s1. The molecule has 1 N–H and O–H groups in total. The van der Waals surface area contributed by atoms with Gasteiger partial charge in [-0.3, -0.25) is 4.79 Å². The van der Waals surface area contributed by atoms with Crippen molar-refractivity contribution in [2.75, 3.05) is 0 Å². The lowest BCUT2D eigenvalue weighted by Crippen LogP contribution is -2.27. The first kappa shape index (κ1) is 14.6. The van der Waals surface area contributed by atoms with Gasteiger partial charge in [0.15, 0.2) is 0 Å². The smallest absolute Gasteiger partial charge is 0.252 e. The number of nitrogens with one attached hydrogen (secondary N) is 1. The molecule has 21 heavy (non-hydrogen) atoms. The summed E-state index contributed by atoms with van der Waals surface area (Å²) in [4.78, 5) is 15.1. The van der Waals surface area contributed by atoms with Crippen LogP contribution in [0.25, 0.3) is 10.4 Å². The molecule has 0 fully saturated rings. The Hall–Kier alpha value is -2.78. The Morgan fingerprint density at radius 1 is 1.19 bits per heavy atom. The summed E-state index contributed by atoms with van der Waals surface area (Å²) < 4.78 is 0. The maximum Gasteiger partial charge on any atom is 0.252 e. The van der Waals surface area contributed by atoms with E-state index in [1.165, 1.54) is 0 Å². The molecule has 0 spiro atoms. The predicted octanol–water partition coefficient (Wildman–Crippen LogP) is 3.99. The van der Waals surface area contributed by atoms with Crippen LogP contribution < -0.4 is 5.32 Å². The summed E-state index contributed by atoms with van der Waals surface area (Å²) in [6, 6.07) is 16.8. The zero-order chi connectivity index (χ0) is 15.1. The normalized spacial score (nSPS) is 11.3. The lowest BCUT2D eigenvalue weighted by Gasteiger charge is -2.15. The largest absolute Gasteiger partial charge is 0.346 e. The Kier molecular flexibility index (Phi) is 4.96. The lowest BCUT2D eigenvalue weighted by atomic mass is 10.0. The van der Waals surface area contributed by atoms with E-state index >= 15 is 0 Å². The number of amides is 1. The summed E-state index contributed by atoms with van der Waals surface area (Å²) in [5.74, 6) is -0.171. The molecule has 0 radical (unpaired) electrons. The Morgan fingerprint density at radius 2 is 1.86 bits per heavy atom. The van der Waals surface area contributed by atoms with Crippen molar-refractivity contribution >= 4 is 5.91 Å². The molecule has 5 nitrogen and oxygen atoms in total. The van der Waals surface area contributed by atoms with Crippen LogP contribution in [-0.2, 0) is 6.54 Å². The molecule has 2 rings (SSSR count).